The van der Waals surface area contributed by atoms with Crippen molar-refractivity contribution in [1.29, 1.82) is 0 Å². The molecule has 0 bridgehead atoms. The number of piperazine rings is 1. The van der Waals surface area contributed by atoms with E-state index in [9.17, 15) is 9.59 Å². The van der Waals surface area contributed by atoms with E-state index in [2.05, 4.69) is 5.32 Å². The van der Waals surface area contributed by atoms with E-state index < -0.39 is 5.97 Å². The lowest BCUT2D eigenvalue weighted by molar-refractivity contribution is -0.129. The molecular weight excluding hydrogens is 248 g/mol. The van der Waals surface area contributed by atoms with Crippen molar-refractivity contribution in [3.05, 3.63) is 23.2 Å². The van der Waals surface area contributed by atoms with Crippen molar-refractivity contribution in [3.8, 4) is 0 Å². The van der Waals surface area contributed by atoms with Crippen molar-refractivity contribution in [2.75, 3.05) is 13.1 Å². The van der Waals surface area contributed by atoms with Crippen LogP contribution in [0.2, 0.25) is 0 Å². The molecule has 1 aliphatic rings. The number of furan rings is 1. The molecule has 0 saturated carbocycles. The summed E-state index contributed by atoms with van der Waals surface area (Å²) in [6.45, 7) is 5.40. The number of nitrogens with zero attached hydrogens (tertiary/aromatic N) is 1. The van der Waals surface area contributed by atoms with E-state index in [0.29, 0.717) is 24.6 Å². The van der Waals surface area contributed by atoms with Gasteiger partial charge in [0.05, 0.1) is 12.6 Å². The lowest BCUT2D eigenvalue weighted by atomic mass is 10.1. The highest BCUT2D eigenvalue weighted by atomic mass is 16.4. The number of carbonyl (C=O) groups excluding carboxylic acids is 1. The molecule has 2 rings (SSSR count). The maximum Gasteiger partial charge on any atom is 0.339 e. The number of amides is 1. The van der Waals surface area contributed by atoms with E-state index in [-0.39, 0.29) is 17.5 Å². The molecule has 1 saturated heterocycles. The van der Waals surface area contributed by atoms with E-state index >= 15 is 0 Å². The standard InChI is InChI=1S/C13H18N2O4/c1-3-11-12(16)14-4-5-15(11)7-9-6-10(13(17)18)8(2)19-9/h6,11H,3-5,7H2,1-2H3,(H,14,16)(H,17,18). The second kappa shape index (κ2) is 5.44. The first-order valence-corrected chi connectivity index (χ1v) is 6.37. The molecule has 2 N–H and O–H groups in total. The molecule has 1 aliphatic heterocycles. The summed E-state index contributed by atoms with van der Waals surface area (Å²) in [5, 5.41) is 11.8. The topological polar surface area (TPSA) is 82.8 Å². The van der Waals surface area contributed by atoms with Gasteiger partial charge in [-0.25, -0.2) is 4.79 Å². The first-order chi connectivity index (χ1) is 9.02. The molecule has 1 aromatic heterocycles. The summed E-state index contributed by atoms with van der Waals surface area (Å²) in [7, 11) is 0. The summed E-state index contributed by atoms with van der Waals surface area (Å²) >= 11 is 0. The smallest absolute Gasteiger partial charge is 0.339 e. The molecule has 19 heavy (non-hydrogen) atoms. The predicted molar refractivity (Wildman–Crippen MR) is 67.9 cm³/mol. The lowest BCUT2D eigenvalue weighted by Gasteiger charge is -2.33. The molecule has 6 nitrogen and oxygen atoms in total. The van der Waals surface area contributed by atoms with Crippen LogP contribution in [0.1, 0.15) is 35.2 Å². The van der Waals surface area contributed by atoms with Crippen LogP contribution in [-0.2, 0) is 11.3 Å². The molecule has 1 unspecified atom stereocenters. The molecule has 1 amide bonds. The Morgan fingerprint density at radius 1 is 1.63 bits per heavy atom. The van der Waals surface area contributed by atoms with Crippen LogP contribution < -0.4 is 5.32 Å². The number of carbonyl (C=O) groups is 2. The van der Waals surface area contributed by atoms with Crippen molar-refractivity contribution >= 4 is 11.9 Å². The van der Waals surface area contributed by atoms with Gasteiger partial charge in [0.25, 0.3) is 0 Å². The van der Waals surface area contributed by atoms with Gasteiger partial charge in [-0.1, -0.05) is 6.92 Å². The van der Waals surface area contributed by atoms with E-state index in [0.717, 1.165) is 13.0 Å². The molecule has 1 atom stereocenters. The van der Waals surface area contributed by atoms with Crippen LogP contribution in [0.3, 0.4) is 0 Å². The Hall–Kier alpha value is -1.82. The molecule has 0 spiro atoms. The van der Waals surface area contributed by atoms with Gasteiger partial charge in [-0.2, -0.15) is 0 Å². The summed E-state index contributed by atoms with van der Waals surface area (Å²) in [6, 6.07) is 1.36. The highest BCUT2D eigenvalue weighted by Crippen LogP contribution is 2.19. The first-order valence-electron chi connectivity index (χ1n) is 6.37. The van der Waals surface area contributed by atoms with Crippen LogP contribution in [0.15, 0.2) is 10.5 Å². The number of hydrogen-bond donors (Lipinski definition) is 2. The van der Waals surface area contributed by atoms with Crippen molar-refractivity contribution < 1.29 is 19.1 Å². The molecule has 1 fully saturated rings. The zero-order chi connectivity index (χ0) is 14.0. The normalized spacial score (nSPS) is 20.3. The van der Waals surface area contributed by atoms with Crippen LogP contribution >= 0.6 is 0 Å². The van der Waals surface area contributed by atoms with Gasteiger partial charge in [-0.05, 0) is 19.4 Å². The fraction of sp³-hybridized carbons (Fsp3) is 0.538. The SMILES string of the molecule is CCC1C(=O)NCCN1Cc1cc(C(=O)O)c(C)o1. The molecule has 0 aliphatic carbocycles. The van der Waals surface area contributed by atoms with Gasteiger partial charge in [0.15, 0.2) is 0 Å². The highest BCUT2D eigenvalue weighted by molar-refractivity contribution is 5.88. The van der Waals surface area contributed by atoms with E-state index in [1.165, 1.54) is 6.07 Å². The third kappa shape index (κ3) is 2.78. The third-order valence-corrected chi connectivity index (χ3v) is 3.39. The molecular formula is C13H18N2O4. The van der Waals surface area contributed by atoms with Crippen LogP contribution in [0.5, 0.6) is 0 Å². The van der Waals surface area contributed by atoms with Gasteiger partial charge in [0, 0.05) is 13.1 Å². The number of carboxylic acids is 1. The number of carboxylic acid groups (broad SMARTS) is 1. The zero-order valence-corrected chi connectivity index (χ0v) is 11.1. The van der Waals surface area contributed by atoms with Crippen LogP contribution in [0, 0.1) is 6.92 Å². The average molecular weight is 266 g/mol. The van der Waals surface area contributed by atoms with Gasteiger partial charge in [-0.3, -0.25) is 9.69 Å². The Bertz CT molecular complexity index is 495. The minimum Gasteiger partial charge on any atom is -0.478 e. The molecule has 6 heteroatoms. The van der Waals surface area contributed by atoms with Crippen molar-refractivity contribution in [2.45, 2.75) is 32.9 Å². The quantitative estimate of drug-likeness (QED) is 0.849. The first kappa shape index (κ1) is 13.6. The minimum atomic E-state index is -0.990. The van der Waals surface area contributed by atoms with Crippen molar-refractivity contribution in [2.24, 2.45) is 0 Å². The van der Waals surface area contributed by atoms with E-state index in [1.54, 1.807) is 6.92 Å². The second-order valence-electron chi connectivity index (χ2n) is 4.67. The van der Waals surface area contributed by atoms with Crippen LogP contribution in [0.4, 0.5) is 0 Å². The van der Waals surface area contributed by atoms with Crippen LogP contribution in [0.25, 0.3) is 0 Å². The molecule has 1 aromatic rings. The maximum atomic E-state index is 11.7. The minimum absolute atomic E-state index is 0.0236. The Labute approximate surface area is 111 Å². The zero-order valence-electron chi connectivity index (χ0n) is 11.1. The van der Waals surface area contributed by atoms with E-state index in [1.807, 2.05) is 11.8 Å². The Balaban J connectivity index is 2.13. The third-order valence-electron chi connectivity index (χ3n) is 3.39. The van der Waals surface area contributed by atoms with Gasteiger partial charge < -0.3 is 14.8 Å². The molecule has 0 radical (unpaired) electrons. The molecule has 104 valence electrons. The summed E-state index contributed by atoms with van der Waals surface area (Å²) in [6.07, 6.45) is 0.720. The number of nitrogens with one attached hydrogen (secondary N) is 1. The number of aromatic carboxylic acids is 1. The summed E-state index contributed by atoms with van der Waals surface area (Å²) in [5.74, 6) is 0.0199. The number of aryl methyl sites for hydroxylation is 1. The van der Waals surface area contributed by atoms with Crippen molar-refractivity contribution in [3.63, 3.8) is 0 Å². The Morgan fingerprint density at radius 3 is 2.95 bits per heavy atom. The number of rotatable bonds is 4. The second-order valence-corrected chi connectivity index (χ2v) is 4.67. The van der Waals surface area contributed by atoms with Gasteiger partial charge in [0.1, 0.15) is 17.1 Å². The van der Waals surface area contributed by atoms with Gasteiger partial charge in [0.2, 0.25) is 5.91 Å². The molecule has 2 heterocycles. The largest absolute Gasteiger partial charge is 0.478 e. The van der Waals surface area contributed by atoms with Crippen molar-refractivity contribution in [1.82, 2.24) is 10.2 Å². The summed E-state index contributed by atoms with van der Waals surface area (Å²) < 4.78 is 5.45. The van der Waals surface area contributed by atoms with Gasteiger partial charge in [-0.15, -0.1) is 0 Å². The van der Waals surface area contributed by atoms with Crippen LogP contribution in [-0.4, -0.2) is 41.0 Å². The maximum absolute atomic E-state index is 11.7. The summed E-state index contributed by atoms with van der Waals surface area (Å²) in [5.41, 5.74) is 0.185. The average Bonchev–Trinajstić information content (AvgIpc) is 2.71. The molecule has 0 aromatic carbocycles. The monoisotopic (exact) mass is 266 g/mol. The Morgan fingerprint density at radius 2 is 2.37 bits per heavy atom. The Kier molecular flexibility index (Phi) is 3.90. The fourth-order valence-corrected chi connectivity index (χ4v) is 2.43. The fourth-order valence-electron chi connectivity index (χ4n) is 2.43. The van der Waals surface area contributed by atoms with E-state index in [4.69, 9.17) is 9.52 Å². The predicted octanol–water partition coefficient (Wildman–Crippen LogP) is 0.997. The summed E-state index contributed by atoms with van der Waals surface area (Å²) in [4.78, 5) is 24.7. The highest BCUT2D eigenvalue weighted by Gasteiger charge is 2.29. The lowest BCUT2D eigenvalue weighted by Crippen LogP contribution is -2.54. The van der Waals surface area contributed by atoms with Gasteiger partial charge >= 0.3 is 5.97 Å². The number of hydrogen-bond acceptors (Lipinski definition) is 4.